The van der Waals surface area contributed by atoms with E-state index >= 15 is 0 Å². The zero-order valence-corrected chi connectivity index (χ0v) is 16.9. The molecule has 0 aromatic heterocycles. The second-order valence-electron chi connectivity index (χ2n) is 5.23. The molecule has 0 heterocycles. The van der Waals surface area contributed by atoms with Crippen LogP contribution in [-0.4, -0.2) is 19.7 Å². The van der Waals surface area contributed by atoms with Crippen LogP contribution in [0.1, 0.15) is 78.1 Å². The summed E-state index contributed by atoms with van der Waals surface area (Å²) in [4.78, 5) is 10.2. The number of hydrogen-bond acceptors (Lipinski definition) is 5. The van der Waals surface area contributed by atoms with Gasteiger partial charge in [0.2, 0.25) is 0 Å². The molecule has 0 saturated heterocycles. The summed E-state index contributed by atoms with van der Waals surface area (Å²) < 4.78 is -2.16. The van der Waals surface area contributed by atoms with Crippen LogP contribution >= 0.6 is 50.5 Å². The molecule has 128 valence electrons. The van der Waals surface area contributed by atoms with Crippen molar-refractivity contribution in [3.63, 3.8) is 0 Å². The van der Waals surface area contributed by atoms with Crippen molar-refractivity contribution in [1.29, 1.82) is 0 Å². The largest absolute Gasteiger partial charge is 0.480 e. The summed E-state index contributed by atoms with van der Waals surface area (Å²) in [6, 6.07) is 0. The Morgan fingerprint density at radius 3 is 1.29 bits per heavy atom. The van der Waals surface area contributed by atoms with Crippen molar-refractivity contribution in [2.45, 2.75) is 86.7 Å². The third-order valence-electron chi connectivity index (χ3n) is 3.13. The number of hydrogen-bond donors (Lipinski definition) is 5. The SMILES string of the molecule is CCCCCCCCCCCC.O=C(O)C(S)(S)C(S)S. The van der Waals surface area contributed by atoms with Gasteiger partial charge in [-0.15, -0.1) is 25.3 Å². The average molecular weight is 373 g/mol. The molecule has 6 heteroatoms. The second kappa shape index (κ2) is 15.8. The maximum atomic E-state index is 10.2. The van der Waals surface area contributed by atoms with Crippen LogP contribution in [0.5, 0.6) is 0 Å². The van der Waals surface area contributed by atoms with Crippen molar-refractivity contribution in [1.82, 2.24) is 0 Å². The van der Waals surface area contributed by atoms with Gasteiger partial charge in [0.05, 0.1) is 4.58 Å². The Labute approximate surface area is 152 Å². The maximum Gasteiger partial charge on any atom is 0.331 e. The van der Waals surface area contributed by atoms with Crippen molar-refractivity contribution in [2.24, 2.45) is 0 Å². The molecule has 0 radical (unpaired) electrons. The van der Waals surface area contributed by atoms with Gasteiger partial charge in [0.15, 0.2) is 4.08 Å². The summed E-state index contributed by atoms with van der Waals surface area (Å²) in [5.74, 6) is -1.15. The molecule has 0 aromatic rings. The average Bonchev–Trinajstić information content (AvgIpc) is 2.42. The second-order valence-corrected chi connectivity index (χ2v) is 8.44. The first-order valence-corrected chi connectivity index (χ1v) is 9.77. The number of unbranched alkanes of at least 4 members (excludes halogenated alkanes) is 9. The summed E-state index contributed by atoms with van der Waals surface area (Å²) in [6.45, 7) is 4.56. The molecule has 2 nitrogen and oxygen atoms in total. The van der Waals surface area contributed by atoms with E-state index in [1.54, 1.807) is 0 Å². The third kappa shape index (κ3) is 15.5. The summed E-state index contributed by atoms with van der Waals surface area (Å²) in [6.07, 6.45) is 14.4. The van der Waals surface area contributed by atoms with Gasteiger partial charge < -0.3 is 5.11 Å². The van der Waals surface area contributed by atoms with Crippen molar-refractivity contribution in [2.75, 3.05) is 0 Å². The van der Waals surface area contributed by atoms with Gasteiger partial charge in [-0.3, -0.25) is 0 Å². The normalized spacial score (nSPS) is 11.2. The van der Waals surface area contributed by atoms with Crippen LogP contribution in [0.15, 0.2) is 0 Å². The Bertz CT molecular complexity index is 236. The molecule has 0 unspecified atom stereocenters. The molecule has 0 spiro atoms. The molecule has 0 fully saturated rings. The lowest BCUT2D eigenvalue weighted by atomic mass is 10.1. The van der Waals surface area contributed by atoms with Crippen molar-refractivity contribution < 1.29 is 9.90 Å². The molecule has 1 N–H and O–H groups in total. The molecule has 0 aromatic carbocycles. The van der Waals surface area contributed by atoms with E-state index < -0.39 is 14.6 Å². The minimum Gasteiger partial charge on any atom is -0.480 e. The van der Waals surface area contributed by atoms with Gasteiger partial charge in [-0.2, -0.15) is 25.3 Å². The molecule has 0 amide bonds. The summed E-state index contributed by atoms with van der Waals surface area (Å²) in [7, 11) is 0. The zero-order valence-electron chi connectivity index (χ0n) is 13.3. The van der Waals surface area contributed by atoms with E-state index in [1.165, 1.54) is 64.2 Å². The van der Waals surface area contributed by atoms with Crippen LogP contribution in [-0.2, 0) is 4.79 Å². The molecule has 0 aliphatic carbocycles. The van der Waals surface area contributed by atoms with Crippen LogP contribution in [0.25, 0.3) is 0 Å². The Balaban J connectivity index is 0. The monoisotopic (exact) mass is 372 g/mol. The Kier molecular flexibility index (Phi) is 18.1. The highest BCUT2D eigenvalue weighted by Crippen LogP contribution is 2.30. The first kappa shape index (κ1) is 24.1. The van der Waals surface area contributed by atoms with Crippen LogP contribution in [0, 0.1) is 0 Å². The molecule has 0 saturated carbocycles. The van der Waals surface area contributed by atoms with Crippen LogP contribution in [0.3, 0.4) is 0 Å². The third-order valence-corrected chi connectivity index (χ3v) is 5.62. The van der Waals surface area contributed by atoms with E-state index in [0.717, 1.165) is 0 Å². The first-order valence-electron chi connectivity index (χ1n) is 7.84. The summed E-state index contributed by atoms with van der Waals surface area (Å²) >= 11 is 14.9. The van der Waals surface area contributed by atoms with Crippen molar-refractivity contribution in [3.8, 4) is 0 Å². The molecule has 0 rings (SSSR count). The molecular formula is C15H32O2S4. The number of carboxylic acid groups (broad SMARTS) is 1. The highest BCUT2D eigenvalue weighted by atomic mass is 32.2. The van der Waals surface area contributed by atoms with Crippen LogP contribution in [0.4, 0.5) is 0 Å². The summed E-state index contributed by atoms with van der Waals surface area (Å²) in [5.41, 5.74) is 0. The molecule has 0 aliphatic heterocycles. The number of carbonyl (C=O) groups is 1. The van der Waals surface area contributed by atoms with E-state index in [-0.39, 0.29) is 0 Å². The van der Waals surface area contributed by atoms with Crippen LogP contribution in [0.2, 0.25) is 0 Å². The van der Waals surface area contributed by atoms with Gasteiger partial charge in [-0.05, 0) is 0 Å². The number of carboxylic acids is 1. The fourth-order valence-electron chi connectivity index (χ4n) is 1.67. The van der Waals surface area contributed by atoms with E-state index in [0.29, 0.717) is 0 Å². The minimum atomic E-state index is -1.47. The molecule has 21 heavy (non-hydrogen) atoms. The maximum absolute atomic E-state index is 10.2. The van der Waals surface area contributed by atoms with Gasteiger partial charge in [-0.1, -0.05) is 78.1 Å². The van der Waals surface area contributed by atoms with E-state index in [9.17, 15) is 4.79 Å². The van der Waals surface area contributed by atoms with Crippen molar-refractivity contribution >= 4 is 56.5 Å². The lowest BCUT2D eigenvalue weighted by Gasteiger charge is -2.19. The Morgan fingerprint density at radius 1 is 0.857 bits per heavy atom. The van der Waals surface area contributed by atoms with Gasteiger partial charge in [0.1, 0.15) is 0 Å². The lowest BCUT2D eigenvalue weighted by molar-refractivity contribution is -0.136. The fourth-order valence-corrected chi connectivity index (χ4v) is 1.89. The number of rotatable bonds is 11. The Hall–Kier alpha value is 0.870. The highest BCUT2D eigenvalue weighted by molar-refractivity contribution is 8.08. The van der Waals surface area contributed by atoms with E-state index in [2.05, 4.69) is 64.4 Å². The molecular weight excluding hydrogens is 340 g/mol. The number of aliphatic carboxylic acids is 1. The lowest BCUT2D eigenvalue weighted by Crippen LogP contribution is -2.32. The highest BCUT2D eigenvalue weighted by Gasteiger charge is 2.35. The van der Waals surface area contributed by atoms with Gasteiger partial charge in [0.25, 0.3) is 0 Å². The smallest absolute Gasteiger partial charge is 0.331 e. The number of thiol groups is 4. The predicted octanol–water partition coefficient (Wildman–Crippen LogP) is 5.74. The van der Waals surface area contributed by atoms with Crippen LogP contribution < -0.4 is 0 Å². The molecule has 0 bridgehead atoms. The zero-order chi connectivity index (χ0) is 16.7. The topological polar surface area (TPSA) is 37.3 Å². The quantitative estimate of drug-likeness (QED) is 0.182. The molecule has 0 atom stereocenters. The van der Waals surface area contributed by atoms with Gasteiger partial charge in [0, 0.05) is 0 Å². The minimum absolute atomic E-state index is 0.693. The molecule has 0 aliphatic rings. The van der Waals surface area contributed by atoms with Crippen molar-refractivity contribution in [3.05, 3.63) is 0 Å². The predicted molar refractivity (Wildman–Crippen MR) is 108 cm³/mol. The van der Waals surface area contributed by atoms with Gasteiger partial charge >= 0.3 is 5.97 Å². The first-order chi connectivity index (χ1) is 9.80. The van der Waals surface area contributed by atoms with Gasteiger partial charge in [-0.25, -0.2) is 4.79 Å². The summed E-state index contributed by atoms with van der Waals surface area (Å²) in [5, 5.41) is 8.36. The fraction of sp³-hybridized carbons (Fsp3) is 0.933. The standard InChI is InChI=1S/C12H26.C3H6O2S4/c1-3-5-7-9-11-12-10-8-6-4-2;4-1(5)3(8,9)2(6)7/h3-12H2,1-2H3;2,6-9H,(H,4,5). The van der Waals surface area contributed by atoms with E-state index in [4.69, 9.17) is 5.11 Å². The van der Waals surface area contributed by atoms with E-state index in [1.807, 2.05) is 0 Å². The Morgan fingerprint density at radius 2 is 1.14 bits per heavy atom.